The number of aryl methyl sites for hydroxylation is 1. The maximum absolute atomic E-state index is 11.9. The molecule has 1 saturated heterocycles. The van der Waals surface area contributed by atoms with E-state index in [2.05, 4.69) is 15.1 Å². The minimum absolute atomic E-state index is 0.138. The average molecular weight is 304 g/mol. The van der Waals surface area contributed by atoms with Crippen molar-refractivity contribution < 1.29 is 9.53 Å². The van der Waals surface area contributed by atoms with Crippen LogP contribution in [0, 0.1) is 5.92 Å². The van der Waals surface area contributed by atoms with Gasteiger partial charge in [-0.25, -0.2) is 0 Å². The lowest BCUT2D eigenvalue weighted by atomic mass is 9.98. The topological polar surface area (TPSA) is 99.2 Å². The van der Waals surface area contributed by atoms with Gasteiger partial charge in [-0.15, -0.1) is 0 Å². The molecule has 1 atom stereocenters. The van der Waals surface area contributed by atoms with Crippen LogP contribution in [0.5, 0.6) is 0 Å². The standard InChI is InChI=1S/C14H20N6O2/c1-3-22-13(21)9-5-4-6-20(8-9)14-17-11(15)10-7-16-19(2)12(10)18-14/h7,9H,3-6,8H2,1-2H3,(H2,15,17,18). The fourth-order valence-corrected chi connectivity index (χ4v) is 2.78. The van der Waals surface area contributed by atoms with Gasteiger partial charge in [-0.2, -0.15) is 15.1 Å². The lowest BCUT2D eigenvalue weighted by Crippen LogP contribution is -2.40. The average Bonchev–Trinajstić information content (AvgIpc) is 2.90. The predicted octanol–water partition coefficient (Wildman–Crippen LogP) is 0.725. The zero-order chi connectivity index (χ0) is 15.7. The summed E-state index contributed by atoms with van der Waals surface area (Å²) in [6, 6.07) is 0. The Morgan fingerprint density at radius 3 is 3.09 bits per heavy atom. The third kappa shape index (κ3) is 2.56. The number of carbonyl (C=O) groups is 1. The molecule has 1 aliphatic rings. The zero-order valence-electron chi connectivity index (χ0n) is 12.8. The molecule has 0 amide bonds. The van der Waals surface area contributed by atoms with Crippen molar-refractivity contribution >= 4 is 28.8 Å². The first-order valence-electron chi connectivity index (χ1n) is 7.47. The van der Waals surface area contributed by atoms with Gasteiger partial charge in [-0.05, 0) is 19.8 Å². The van der Waals surface area contributed by atoms with Crippen molar-refractivity contribution in [3.8, 4) is 0 Å². The van der Waals surface area contributed by atoms with Gasteiger partial charge in [0.05, 0.1) is 24.1 Å². The molecule has 8 nitrogen and oxygen atoms in total. The summed E-state index contributed by atoms with van der Waals surface area (Å²) in [5.74, 6) is 0.663. The second kappa shape index (κ2) is 5.78. The number of fused-ring (bicyclic) bond motifs is 1. The van der Waals surface area contributed by atoms with Gasteiger partial charge in [0.15, 0.2) is 5.65 Å². The summed E-state index contributed by atoms with van der Waals surface area (Å²) < 4.78 is 6.79. The maximum atomic E-state index is 11.9. The fourth-order valence-electron chi connectivity index (χ4n) is 2.78. The molecule has 0 aromatic carbocycles. The molecule has 2 aromatic rings. The summed E-state index contributed by atoms with van der Waals surface area (Å²) >= 11 is 0. The molecule has 1 aliphatic heterocycles. The molecule has 3 heterocycles. The van der Waals surface area contributed by atoms with E-state index in [0.29, 0.717) is 30.6 Å². The first-order chi connectivity index (χ1) is 10.6. The Kier molecular flexibility index (Phi) is 3.82. The number of rotatable bonds is 3. The van der Waals surface area contributed by atoms with Crippen molar-refractivity contribution in [1.82, 2.24) is 19.7 Å². The number of aromatic nitrogens is 4. The van der Waals surface area contributed by atoms with E-state index in [4.69, 9.17) is 10.5 Å². The first-order valence-corrected chi connectivity index (χ1v) is 7.47. The Morgan fingerprint density at radius 1 is 1.50 bits per heavy atom. The van der Waals surface area contributed by atoms with Crippen molar-refractivity contribution in [2.45, 2.75) is 19.8 Å². The van der Waals surface area contributed by atoms with E-state index in [-0.39, 0.29) is 11.9 Å². The van der Waals surface area contributed by atoms with Crippen molar-refractivity contribution in [3.05, 3.63) is 6.20 Å². The molecule has 2 aromatic heterocycles. The molecular formula is C14H20N6O2. The van der Waals surface area contributed by atoms with Gasteiger partial charge in [0.25, 0.3) is 0 Å². The highest BCUT2D eigenvalue weighted by Gasteiger charge is 2.28. The van der Waals surface area contributed by atoms with E-state index < -0.39 is 0 Å². The molecule has 0 spiro atoms. The van der Waals surface area contributed by atoms with Crippen LogP contribution in [0.4, 0.5) is 11.8 Å². The second-order valence-corrected chi connectivity index (χ2v) is 5.45. The molecule has 8 heteroatoms. The normalized spacial score (nSPS) is 18.6. The minimum atomic E-state index is -0.151. The molecule has 22 heavy (non-hydrogen) atoms. The van der Waals surface area contributed by atoms with Crippen molar-refractivity contribution in [1.29, 1.82) is 0 Å². The number of ether oxygens (including phenoxy) is 1. The first kappa shape index (κ1) is 14.6. The second-order valence-electron chi connectivity index (χ2n) is 5.45. The quantitative estimate of drug-likeness (QED) is 0.834. The van der Waals surface area contributed by atoms with Gasteiger partial charge in [0.2, 0.25) is 5.95 Å². The third-order valence-corrected chi connectivity index (χ3v) is 3.93. The van der Waals surface area contributed by atoms with Crippen molar-refractivity contribution in [2.75, 3.05) is 30.3 Å². The van der Waals surface area contributed by atoms with Crippen molar-refractivity contribution in [2.24, 2.45) is 13.0 Å². The number of nitrogens with zero attached hydrogens (tertiary/aromatic N) is 5. The Bertz CT molecular complexity index is 698. The van der Waals surface area contributed by atoms with E-state index in [1.165, 1.54) is 0 Å². The van der Waals surface area contributed by atoms with Crippen LogP contribution >= 0.6 is 0 Å². The largest absolute Gasteiger partial charge is 0.466 e. The van der Waals surface area contributed by atoms with Gasteiger partial charge in [0.1, 0.15) is 5.82 Å². The van der Waals surface area contributed by atoms with Crippen LogP contribution in [0.25, 0.3) is 11.0 Å². The summed E-state index contributed by atoms with van der Waals surface area (Å²) in [6.45, 7) is 3.58. The number of carbonyl (C=O) groups excluding carboxylic acids is 1. The molecule has 118 valence electrons. The van der Waals surface area contributed by atoms with Gasteiger partial charge < -0.3 is 15.4 Å². The molecule has 2 N–H and O–H groups in total. The Balaban J connectivity index is 1.87. The number of esters is 1. The van der Waals surface area contributed by atoms with Crippen LogP contribution in [0.15, 0.2) is 6.20 Å². The van der Waals surface area contributed by atoms with Gasteiger partial charge in [0, 0.05) is 20.1 Å². The number of anilines is 2. The molecular weight excluding hydrogens is 284 g/mol. The highest BCUT2D eigenvalue weighted by molar-refractivity contribution is 5.86. The van der Waals surface area contributed by atoms with E-state index in [0.717, 1.165) is 24.8 Å². The van der Waals surface area contributed by atoms with Crippen LogP contribution in [-0.4, -0.2) is 45.4 Å². The number of hydrogen-bond acceptors (Lipinski definition) is 7. The third-order valence-electron chi connectivity index (χ3n) is 3.93. The van der Waals surface area contributed by atoms with Crippen molar-refractivity contribution in [3.63, 3.8) is 0 Å². The highest BCUT2D eigenvalue weighted by atomic mass is 16.5. The number of hydrogen-bond donors (Lipinski definition) is 1. The fraction of sp³-hybridized carbons (Fsp3) is 0.571. The van der Waals surface area contributed by atoms with Crippen LogP contribution < -0.4 is 10.6 Å². The summed E-state index contributed by atoms with van der Waals surface area (Å²) in [6.07, 6.45) is 3.39. The van der Waals surface area contributed by atoms with Gasteiger partial charge in [-0.3, -0.25) is 9.48 Å². The van der Waals surface area contributed by atoms with E-state index >= 15 is 0 Å². The van der Waals surface area contributed by atoms with Crippen LogP contribution in [-0.2, 0) is 16.6 Å². The summed E-state index contributed by atoms with van der Waals surface area (Å²) in [5, 5.41) is 4.89. The SMILES string of the molecule is CCOC(=O)C1CCCN(c2nc(N)c3cnn(C)c3n2)C1. The molecule has 0 aliphatic carbocycles. The smallest absolute Gasteiger partial charge is 0.310 e. The monoisotopic (exact) mass is 304 g/mol. The predicted molar refractivity (Wildman–Crippen MR) is 82.3 cm³/mol. The Labute approximate surface area is 128 Å². The van der Waals surface area contributed by atoms with E-state index in [1.54, 1.807) is 10.9 Å². The minimum Gasteiger partial charge on any atom is -0.466 e. The summed E-state index contributed by atoms with van der Waals surface area (Å²) in [7, 11) is 1.82. The zero-order valence-corrected chi connectivity index (χ0v) is 12.8. The Morgan fingerprint density at radius 2 is 2.32 bits per heavy atom. The Hall–Kier alpha value is -2.38. The molecule has 3 rings (SSSR count). The lowest BCUT2D eigenvalue weighted by molar-refractivity contribution is -0.148. The van der Waals surface area contributed by atoms with Gasteiger partial charge >= 0.3 is 5.97 Å². The molecule has 0 saturated carbocycles. The van der Waals surface area contributed by atoms with Gasteiger partial charge in [-0.1, -0.05) is 0 Å². The number of piperidine rings is 1. The molecule has 1 fully saturated rings. The molecule has 1 unspecified atom stereocenters. The molecule has 0 radical (unpaired) electrons. The molecule has 0 bridgehead atoms. The van der Waals surface area contributed by atoms with E-state index in [9.17, 15) is 4.79 Å². The summed E-state index contributed by atoms with van der Waals surface area (Å²) in [4.78, 5) is 22.8. The highest BCUT2D eigenvalue weighted by Crippen LogP contribution is 2.25. The van der Waals surface area contributed by atoms with Crippen LogP contribution in [0.3, 0.4) is 0 Å². The van der Waals surface area contributed by atoms with Crippen LogP contribution in [0.1, 0.15) is 19.8 Å². The number of nitrogen functional groups attached to an aromatic ring is 1. The van der Waals surface area contributed by atoms with Crippen LogP contribution in [0.2, 0.25) is 0 Å². The van der Waals surface area contributed by atoms with E-state index in [1.807, 2.05) is 18.9 Å². The summed E-state index contributed by atoms with van der Waals surface area (Å²) in [5.41, 5.74) is 6.69. The number of nitrogens with two attached hydrogens (primary N) is 1. The lowest BCUT2D eigenvalue weighted by Gasteiger charge is -2.31. The maximum Gasteiger partial charge on any atom is 0.310 e.